The average Bonchev–Trinajstić information content (AvgIpc) is 3.57. The molecule has 6 aromatic rings. The zero-order valence-electron chi connectivity index (χ0n) is 25.1. The molecule has 2 N–H and O–H groups in total. The molecule has 47 heavy (non-hydrogen) atoms. The maximum atomic E-state index is 14.3. The molecule has 1 atom stereocenters. The molecule has 1 aliphatic heterocycles. The van der Waals surface area contributed by atoms with Crippen molar-refractivity contribution >= 4 is 67.4 Å². The number of nitrogens with zero attached hydrogens (tertiary/aromatic N) is 5. The van der Waals surface area contributed by atoms with E-state index in [9.17, 15) is 13.2 Å². The van der Waals surface area contributed by atoms with Crippen LogP contribution >= 0.6 is 34.9 Å². The van der Waals surface area contributed by atoms with E-state index < -0.39 is 9.84 Å². The van der Waals surface area contributed by atoms with Crippen molar-refractivity contribution in [2.75, 3.05) is 24.2 Å². The number of benzene rings is 2. The van der Waals surface area contributed by atoms with Crippen molar-refractivity contribution in [3.05, 3.63) is 118 Å². The summed E-state index contributed by atoms with van der Waals surface area (Å²) in [6, 6.07) is 18.2. The number of rotatable bonds is 8. The topological polar surface area (TPSA) is 132 Å². The van der Waals surface area contributed by atoms with Gasteiger partial charge in [-0.05, 0) is 66.0 Å². The van der Waals surface area contributed by atoms with Crippen molar-refractivity contribution in [3.63, 3.8) is 0 Å². The molecule has 1 unspecified atom stereocenters. The Hall–Kier alpha value is -4.14. The number of hydrogen-bond acceptors (Lipinski definition) is 11. The smallest absolute Gasteiger partial charge is 0.260 e. The number of thioether (sulfide) groups is 1. The highest BCUT2D eigenvalue weighted by molar-refractivity contribution is 7.99. The average molecular weight is 702 g/mol. The van der Waals surface area contributed by atoms with Gasteiger partial charge in [0.15, 0.2) is 0 Å². The summed E-state index contributed by atoms with van der Waals surface area (Å²) >= 11 is 9.42. The van der Waals surface area contributed by atoms with E-state index in [4.69, 9.17) is 16.6 Å². The van der Waals surface area contributed by atoms with E-state index in [2.05, 4.69) is 37.1 Å². The molecule has 10 nitrogen and oxygen atoms in total. The SMILES string of the molecule is Cc1ccc(-c2cc3cnc(Nc4ccc(C5CNCCS5)cc4)nc3n(Cc3cnsc3S(=O)(=O)c3ccncc3)c2=O)c(Cl)c1. The molecule has 0 aliphatic carbocycles. The number of hydrogen-bond donors (Lipinski definition) is 2. The zero-order valence-corrected chi connectivity index (χ0v) is 28.3. The van der Waals surface area contributed by atoms with Gasteiger partial charge >= 0.3 is 0 Å². The summed E-state index contributed by atoms with van der Waals surface area (Å²) < 4.78 is 32.9. The van der Waals surface area contributed by atoms with Crippen LogP contribution in [-0.4, -0.2) is 51.2 Å². The van der Waals surface area contributed by atoms with E-state index in [-0.39, 0.29) is 21.2 Å². The number of sulfone groups is 1. The molecule has 1 aliphatic rings. The van der Waals surface area contributed by atoms with Crippen molar-refractivity contribution in [1.82, 2.24) is 29.2 Å². The molecule has 1 saturated heterocycles. The van der Waals surface area contributed by atoms with E-state index in [1.165, 1.54) is 40.9 Å². The Balaban J connectivity index is 1.31. The lowest BCUT2D eigenvalue weighted by Crippen LogP contribution is -2.28. The lowest BCUT2D eigenvalue weighted by atomic mass is 10.0. The Labute approximate surface area is 284 Å². The first-order valence-electron chi connectivity index (χ1n) is 14.7. The first kappa shape index (κ1) is 31.5. The van der Waals surface area contributed by atoms with Gasteiger partial charge in [-0.25, -0.2) is 13.4 Å². The van der Waals surface area contributed by atoms with Crippen LogP contribution in [0, 0.1) is 6.92 Å². The van der Waals surface area contributed by atoms with Crippen molar-refractivity contribution < 1.29 is 8.42 Å². The molecular formula is C33H28ClN7O3S3. The molecule has 5 heterocycles. The Bertz CT molecular complexity index is 2250. The molecule has 0 amide bonds. The summed E-state index contributed by atoms with van der Waals surface area (Å²) in [7, 11) is -3.92. The van der Waals surface area contributed by atoms with Gasteiger partial charge in [0.05, 0.1) is 11.4 Å². The first-order valence-corrected chi connectivity index (χ1v) is 18.4. The van der Waals surface area contributed by atoms with Crippen molar-refractivity contribution in [2.45, 2.75) is 27.8 Å². The summed E-state index contributed by atoms with van der Waals surface area (Å²) in [6.45, 7) is 3.78. The van der Waals surface area contributed by atoms with Gasteiger partial charge in [0.25, 0.3) is 5.56 Å². The van der Waals surface area contributed by atoms with Crippen LogP contribution in [-0.2, 0) is 16.4 Å². The number of halogens is 1. The molecule has 1 fully saturated rings. The third-order valence-electron chi connectivity index (χ3n) is 7.85. The largest absolute Gasteiger partial charge is 0.324 e. The predicted molar refractivity (Wildman–Crippen MR) is 188 cm³/mol. The maximum Gasteiger partial charge on any atom is 0.260 e. The van der Waals surface area contributed by atoms with Gasteiger partial charge < -0.3 is 10.6 Å². The van der Waals surface area contributed by atoms with Crippen LogP contribution in [0.1, 0.15) is 21.9 Å². The van der Waals surface area contributed by atoms with Crippen LogP contribution in [0.3, 0.4) is 0 Å². The Morgan fingerprint density at radius 1 is 1.04 bits per heavy atom. The zero-order chi connectivity index (χ0) is 32.5. The highest BCUT2D eigenvalue weighted by Gasteiger charge is 2.26. The third kappa shape index (κ3) is 6.41. The summed E-state index contributed by atoms with van der Waals surface area (Å²) in [6.07, 6.45) is 5.97. The van der Waals surface area contributed by atoms with Crippen LogP contribution in [0.2, 0.25) is 5.02 Å². The molecule has 2 aromatic carbocycles. The minimum atomic E-state index is -3.92. The summed E-state index contributed by atoms with van der Waals surface area (Å²) in [5.41, 5.74) is 4.21. The van der Waals surface area contributed by atoms with E-state index in [0.717, 1.165) is 41.6 Å². The fraction of sp³-hybridized carbons (Fsp3) is 0.182. The fourth-order valence-corrected chi connectivity index (χ4v) is 9.40. The van der Waals surface area contributed by atoms with Crippen molar-refractivity contribution in [1.29, 1.82) is 0 Å². The van der Waals surface area contributed by atoms with Crippen LogP contribution in [0.5, 0.6) is 0 Å². The minimum absolute atomic E-state index is 0.0429. The maximum absolute atomic E-state index is 14.3. The van der Waals surface area contributed by atoms with Crippen LogP contribution in [0.15, 0.2) is 99.4 Å². The summed E-state index contributed by atoms with van der Waals surface area (Å²) in [4.78, 5) is 27.6. The number of anilines is 2. The second-order valence-electron chi connectivity index (χ2n) is 11.0. The standard InChI is InChI=1S/C33H28ClN7O3S3/c1-20-2-7-26(28(34)14-20)27-15-22-16-37-33(39-24-5-3-21(4-6-24)29-18-36-12-13-45-29)40-30(22)41(31(27)42)19-23-17-38-46-32(23)47(43,44)25-8-10-35-11-9-25/h2-11,14-17,29,36H,12-13,18-19H2,1H3,(H,37,39,40). The van der Waals surface area contributed by atoms with Gasteiger partial charge in [-0.15, -0.1) is 0 Å². The van der Waals surface area contributed by atoms with Gasteiger partial charge in [0.2, 0.25) is 15.8 Å². The second kappa shape index (κ2) is 13.2. The van der Waals surface area contributed by atoms with Crippen molar-refractivity contribution in [3.8, 4) is 11.1 Å². The van der Waals surface area contributed by atoms with Crippen LogP contribution in [0.25, 0.3) is 22.2 Å². The second-order valence-corrected chi connectivity index (χ2v) is 15.7. The van der Waals surface area contributed by atoms with Gasteiger partial charge in [0.1, 0.15) is 9.86 Å². The quantitative estimate of drug-likeness (QED) is 0.187. The van der Waals surface area contributed by atoms with Gasteiger partial charge in [0, 0.05) is 81.7 Å². The molecule has 7 rings (SSSR count). The number of fused-ring (bicyclic) bond motifs is 1. The van der Waals surface area contributed by atoms with Gasteiger partial charge in [-0.3, -0.25) is 14.3 Å². The monoisotopic (exact) mass is 701 g/mol. The number of pyridine rings is 2. The lowest BCUT2D eigenvalue weighted by Gasteiger charge is -2.22. The third-order valence-corrected chi connectivity index (χ3v) is 12.6. The van der Waals surface area contributed by atoms with Crippen molar-refractivity contribution in [2.24, 2.45) is 0 Å². The van der Waals surface area contributed by atoms with E-state index in [1.807, 2.05) is 36.9 Å². The fourth-order valence-electron chi connectivity index (χ4n) is 5.46. The van der Waals surface area contributed by atoms with Gasteiger partial charge in [-0.1, -0.05) is 35.9 Å². The Morgan fingerprint density at radius 3 is 2.60 bits per heavy atom. The molecule has 14 heteroatoms. The van der Waals surface area contributed by atoms with Crippen LogP contribution < -0.4 is 16.2 Å². The minimum Gasteiger partial charge on any atom is -0.324 e. The van der Waals surface area contributed by atoms with Crippen LogP contribution in [0.4, 0.5) is 11.6 Å². The first-order chi connectivity index (χ1) is 22.8. The number of aromatic nitrogens is 5. The molecular weight excluding hydrogens is 674 g/mol. The molecule has 238 valence electrons. The predicted octanol–water partition coefficient (Wildman–Crippen LogP) is 6.27. The lowest BCUT2D eigenvalue weighted by molar-refractivity contribution is 0.596. The molecule has 0 saturated carbocycles. The Morgan fingerprint density at radius 2 is 1.85 bits per heavy atom. The highest BCUT2D eigenvalue weighted by Crippen LogP contribution is 2.33. The summed E-state index contributed by atoms with van der Waals surface area (Å²) in [5.74, 6) is 1.37. The van der Waals surface area contributed by atoms with E-state index in [1.54, 1.807) is 24.4 Å². The number of nitrogens with one attached hydrogen (secondary N) is 2. The molecule has 0 spiro atoms. The highest BCUT2D eigenvalue weighted by atomic mass is 35.5. The molecule has 0 radical (unpaired) electrons. The Kier molecular flexibility index (Phi) is 8.81. The van der Waals surface area contributed by atoms with E-state index in [0.29, 0.717) is 43.9 Å². The molecule has 0 bridgehead atoms. The molecule has 4 aromatic heterocycles. The van der Waals surface area contributed by atoms with Gasteiger partial charge in [-0.2, -0.15) is 21.1 Å². The van der Waals surface area contributed by atoms with E-state index >= 15 is 0 Å². The number of aryl methyl sites for hydroxylation is 1. The normalized spacial score (nSPS) is 15.1. The summed E-state index contributed by atoms with van der Waals surface area (Å²) in [5, 5.41) is 8.11.